The molecular formula is C17H30O5. The molecular weight excluding hydrogens is 284 g/mol. The van der Waals surface area contributed by atoms with Crippen LogP contribution < -0.4 is 0 Å². The zero-order valence-electron chi connectivity index (χ0n) is 14.4. The Labute approximate surface area is 133 Å². The SMILES string of the molecule is CC(=O)OC/C=C(\C)CC[C@@H](O)[C@]1(C)CC[C@@H](C(C)(C)O)O1. The number of rotatable bonds is 7. The number of ether oxygens (including phenoxy) is 2. The Bertz CT molecular complexity index is 410. The number of hydrogen-bond donors (Lipinski definition) is 2. The van der Waals surface area contributed by atoms with Crippen molar-refractivity contribution in [3.8, 4) is 0 Å². The maximum atomic E-state index is 10.7. The Morgan fingerprint density at radius 3 is 2.64 bits per heavy atom. The van der Waals surface area contributed by atoms with Crippen LogP contribution in [0.1, 0.15) is 60.3 Å². The van der Waals surface area contributed by atoms with Crippen molar-refractivity contribution in [3.63, 3.8) is 0 Å². The molecule has 1 aliphatic heterocycles. The van der Waals surface area contributed by atoms with E-state index in [0.717, 1.165) is 18.4 Å². The van der Waals surface area contributed by atoms with Gasteiger partial charge in [-0.05, 0) is 59.5 Å². The average Bonchev–Trinajstić information content (AvgIpc) is 2.79. The van der Waals surface area contributed by atoms with E-state index < -0.39 is 17.3 Å². The summed E-state index contributed by atoms with van der Waals surface area (Å²) in [5.74, 6) is -0.298. The molecule has 0 radical (unpaired) electrons. The summed E-state index contributed by atoms with van der Waals surface area (Å²) in [6, 6.07) is 0. The smallest absolute Gasteiger partial charge is 0.302 e. The fourth-order valence-corrected chi connectivity index (χ4v) is 2.68. The quantitative estimate of drug-likeness (QED) is 0.557. The molecule has 22 heavy (non-hydrogen) atoms. The van der Waals surface area contributed by atoms with Gasteiger partial charge in [0.2, 0.25) is 0 Å². The molecule has 1 heterocycles. The molecule has 0 saturated carbocycles. The first kappa shape index (κ1) is 19.1. The number of aliphatic hydroxyl groups excluding tert-OH is 1. The predicted molar refractivity (Wildman–Crippen MR) is 84.4 cm³/mol. The lowest BCUT2D eigenvalue weighted by molar-refractivity contribution is -0.153. The maximum Gasteiger partial charge on any atom is 0.302 e. The van der Waals surface area contributed by atoms with Crippen molar-refractivity contribution < 1.29 is 24.5 Å². The minimum absolute atomic E-state index is 0.243. The Morgan fingerprint density at radius 2 is 2.14 bits per heavy atom. The number of carbonyl (C=O) groups excluding carboxylic acids is 1. The first-order valence-corrected chi connectivity index (χ1v) is 7.92. The fourth-order valence-electron chi connectivity index (χ4n) is 2.68. The number of hydrogen-bond acceptors (Lipinski definition) is 5. The normalized spacial score (nSPS) is 27.8. The molecule has 1 fully saturated rings. The number of carbonyl (C=O) groups is 1. The molecule has 0 bridgehead atoms. The van der Waals surface area contributed by atoms with Crippen LogP contribution in [-0.2, 0) is 14.3 Å². The molecule has 1 saturated heterocycles. The van der Waals surface area contributed by atoms with Gasteiger partial charge in [0, 0.05) is 6.92 Å². The van der Waals surface area contributed by atoms with Crippen molar-refractivity contribution in [1.29, 1.82) is 0 Å². The van der Waals surface area contributed by atoms with Gasteiger partial charge in [0.15, 0.2) is 0 Å². The second-order valence-corrected chi connectivity index (χ2v) is 7.02. The van der Waals surface area contributed by atoms with E-state index in [-0.39, 0.29) is 18.7 Å². The van der Waals surface area contributed by atoms with Crippen LogP contribution in [0.15, 0.2) is 11.6 Å². The van der Waals surface area contributed by atoms with Gasteiger partial charge in [0.25, 0.3) is 0 Å². The summed E-state index contributed by atoms with van der Waals surface area (Å²) in [4.78, 5) is 10.7. The summed E-state index contributed by atoms with van der Waals surface area (Å²) in [6.07, 6.45) is 3.80. The molecule has 0 amide bonds. The van der Waals surface area contributed by atoms with Crippen molar-refractivity contribution >= 4 is 5.97 Å². The van der Waals surface area contributed by atoms with Gasteiger partial charge in [0.05, 0.1) is 23.4 Å². The molecule has 0 aromatic heterocycles. The number of aliphatic hydroxyl groups is 2. The molecule has 1 rings (SSSR count). The maximum absolute atomic E-state index is 10.7. The van der Waals surface area contributed by atoms with E-state index in [4.69, 9.17) is 9.47 Å². The Hall–Kier alpha value is -0.910. The molecule has 0 aromatic carbocycles. The molecule has 2 N–H and O–H groups in total. The van der Waals surface area contributed by atoms with Crippen molar-refractivity contribution in [3.05, 3.63) is 11.6 Å². The first-order valence-electron chi connectivity index (χ1n) is 7.92. The third-order valence-electron chi connectivity index (χ3n) is 4.34. The zero-order chi connectivity index (χ0) is 17.0. The summed E-state index contributed by atoms with van der Waals surface area (Å²) in [6.45, 7) is 8.97. The van der Waals surface area contributed by atoms with Crippen molar-refractivity contribution in [2.45, 2.75) is 83.7 Å². The van der Waals surface area contributed by atoms with Gasteiger partial charge in [-0.2, -0.15) is 0 Å². The largest absolute Gasteiger partial charge is 0.462 e. The summed E-state index contributed by atoms with van der Waals surface area (Å²) >= 11 is 0. The lowest BCUT2D eigenvalue weighted by Gasteiger charge is -2.33. The molecule has 0 unspecified atom stereocenters. The summed E-state index contributed by atoms with van der Waals surface area (Å²) in [5, 5.41) is 20.5. The highest BCUT2D eigenvalue weighted by atomic mass is 16.5. The Kier molecular flexibility index (Phi) is 6.59. The lowest BCUT2D eigenvalue weighted by Crippen LogP contribution is -2.43. The molecule has 0 aromatic rings. The van der Waals surface area contributed by atoms with E-state index in [1.54, 1.807) is 13.8 Å². The molecule has 5 heteroatoms. The standard InChI is InChI=1S/C17H30O5/c1-12(9-11-21-13(2)18)6-7-14(19)17(5)10-8-15(22-17)16(3,4)20/h9,14-15,19-20H,6-8,10-11H2,1-5H3/b12-9+/t14-,15+,17+/m1/s1. The van der Waals surface area contributed by atoms with Gasteiger partial charge in [-0.25, -0.2) is 0 Å². The highest BCUT2D eigenvalue weighted by Crippen LogP contribution is 2.38. The minimum Gasteiger partial charge on any atom is -0.462 e. The zero-order valence-corrected chi connectivity index (χ0v) is 14.4. The van der Waals surface area contributed by atoms with Crippen LogP contribution in [0.5, 0.6) is 0 Å². The van der Waals surface area contributed by atoms with Gasteiger partial charge in [-0.3, -0.25) is 4.79 Å². The topological polar surface area (TPSA) is 76.0 Å². The number of esters is 1. The first-order chi connectivity index (χ1) is 10.0. The molecule has 0 aliphatic carbocycles. The molecule has 0 spiro atoms. The molecule has 3 atom stereocenters. The van der Waals surface area contributed by atoms with Crippen LogP contribution in [0.4, 0.5) is 0 Å². The van der Waals surface area contributed by atoms with Crippen LogP contribution in [0.3, 0.4) is 0 Å². The van der Waals surface area contributed by atoms with Crippen LogP contribution in [0.2, 0.25) is 0 Å². The number of allylic oxidation sites excluding steroid dienone is 1. The van der Waals surface area contributed by atoms with E-state index >= 15 is 0 Å². The summed E-state index contributed by atoms with van der Waals surface area (Å²) < 4.78 is 10.8. The second kappa shape index (κ2) is 7.57. The van der Waals surface area contributed by atoms with E-state index in [2.05, 4.69) is 0 Å². The monoisotopic (exact) mass is 314 g/mol. The van der Waals surface area contributed by atoms with Gasteiger partial charge < -0.3 is 19.7 Å². The van der Waals surface area contributed by atoms with Crippen molar-refractivity contribution in [1.82, 2.24) is 0 Å². The van der Waals surface area contributed by atoms with Crippen LogP contribution >= 0.6 is 0 Å². The van der Waals surface area contributed by atoms with Crippen LogP contribution in [-0.4, -0.2) is 46.2 Å². The van der Waals surface area contributed by atoms with Crippen molar-refractivity contribution in [2.24, 2.45) is 0 Å². The highest BCUT2D eigenvalue weighted by Gasteiger charge is 2.46. The molecule has 1 aliphatic rings. The van der Waals surface area contributed by atoms with Gasteiger partial charge in [-0.15, -0.1) is 0 Å². The molecule has 128 valence electrons. The minimum atomic E-state index is -0.892. The highest BCUT2D eigenvalue weighted by molar-refractivity contribution is 5.66. The van der Waals surface area contributed by atoms with E-state index in [9.17, 15) is 15.0 Å². The van der Waals surface area contributed by atoms with Gasteiger partial charge in [0.1, 0.15) is 6.61 Å². The van der Waals surface area contributed by atoms with E-state index in [0.29, 0.717) is 12.8 Å². The third kappa shape index (κ3) is 5.71. The third-order valence-corrected chi connectivity index (χ3v) is 4.34. The van der Waals surface area contributed by atoms with E-state index in [1.165, 1.54) is 6.92 Å². The predicted octanol–water partition coefficient (Wildman–Crippen LogP) is 2.35. The average molecular weight is 314 g/mol. The lowest BCUT2D eigenvalue weighted by atomic mass is 9.90. The summed E-state index contributed by atoms with van der Waals surface area (Å²) in [5.41, 5.74) is -0.432. The molecule has 5 nitrogen and oxygen atoms in total. The second-order valence-electron chi connectivity index (χ2n) is 7.02. The van der Waals surface area contributed by atoms with E-state index in [1.807, 2.05) is 19.9 Å². The van der Waals surface area contributed by atoms with Crippen LogP contribution in [0.25, 0.3) is 0 Å². The van der Waals surface area contributed by atoms with Crippen LogP contribution in [0, 0.1) is 0 Å². The van der Waals surface area contributed by atoms with Gasteiger partial charge in [-0.1, -0.05) is 5.57 Å². The Morgan fingerprint density at radius 1 is 1.50 bits per heavy atom. The summed E-state index contributed by atoms with van der Waals surface area (Å²) in [7, 11) is 0. The fraction of sp³-hybridized carbons (Fsp3) is 0.824. The van der Waals surface area contributed by atoms with Crippen molar-refractivity contribution in [2.75, 3.05) is 6.61 Å². The Balaban J connectivity index is 2.45. The van der Waals surface area contributed by atoms with Gasteiger partial charge >= 0.3 is 5.97 Å².